The van der Waals surface area contributed by atoms with E-state index in [1.54, 1.807) is 4.90 Å². The Morgan fingerprint density at radius 2 is 2.00 bits per heavy atom. The Hall–Kier alpha value is -2.04. The predicted molar refractivity (Wildman–Crippen MR) is 92.1 cm³/mol. The van der Waals surface area contributed by atoms with Gasteiger partial charge in [0.05, 0.1) is 5.92 Å². The molecule has 1 fully saturated rings. The van der Waals surface area contributed by atoms with Gasteiger partial charge < -0.3 is 15.3 Å². The van der Waals surface area contributed by atoms with E-state index in [-0.39, 0.29) is 6.03 Å². The Morgan fingerprint density at radius 3 is 2.62 bits per heavy atom. The van der Waals surface area contributed by atoms with E-state index < -0.39 is 11.9 Å². The van der Waals surface area contributed by atoms with Gasteiger partial charge in [0.2, 0.25) is 0 Å². The minimum atomic E-state index is -0.810. The summed E-state index contributed by atoms with van der Waals surface area (Å²) in [5.41, 5.74) is 2.76. The summed E-state index contributed by atoms with van der Waals surface area (Å²) in [6.07, 6.45) is 1.61. The van der Waals surface area contributed by atoms with Crippen LogP contribution in [0.3, 0.4) is 0 Å². The average molecular weight is 330 g/mol. The van der Waals surface area contributed by atoms with Crippen LogP contribution in [-0.2, 0) is 4.79 Å². The topological polar surface area (TPSA) is 69.6 Å². The van der Waals surface area contributed by atoms with Crippen LogP contribution in [0.4, 0.5) is 4.79 Å². The van der Waals surface area contributed by atoms with Crippen molar-refractivity contribution in [1.82, 2.24) is 10.2 Å². The van der Waals surface area contributed by atoms with E-state index in [9.17, 15) is 9.59 Å². The van der Waals surface area contributed by atoms with Gasteiger partial charge in [-0.05, 0) is 35.8 Å². The van der Waals surface area contributed by atoms with Crippen molar-refractivity contribution in [2.24, 2.45) is 11.8 Å². The molecule has 0 bridgehead atoms. The average Bonchev–Trinajstić information content (AvgIpc) is 3.18. The molecule has 0 saturated carbocycles. The number of rotatable bonds is 4. The van der Waals surface area contributed by atoms with Crippen LogP contribution in [0.1, 0.15) is 49.7 Å². The first-order chi connectivity index (χ1) is 11.5. The lowest BCUT2D eigenvalue weighted by Crippen LogP contribution is -2.40. The molecule has 2 N–H and O–H groups in total. The first kappa shape index (κ1) is 16.8. The molecule has 1 unspecified atom stereocenters. The summed E-state index contributed by atoms with van der Waals surface area (Å²) in [6, 6.07) is 8.40. The number of carbonyl (C=O) groups excluding carboxylic acids is 1. The lowest BCUT2D eigenvalue weighted by atomic mass is 9.90. The number of benzene rings is 1. The summed E-state index contributed by atoms with van der Waals surface area (Å²) in [5, 5.41) is 12.1. The molecule has 1 heterocycles. The van der Waals surface area contributed by atoms with Gasteiger partial charge in [0.15, 0.2) is 0 Å². The van der Waals surface area contributed by atoms with Gasteiger partial charge in [0.1, 0.15) is 0 Å². The number of urea groups is 1. The number of carboxylic acids is 1. The van der Waals surface area contributed by atoms with Gasteiger partial charge in [0.25, 0.3) is 0 Å². The Balaban J connectivity index is 1.59. The number of nitrogens with one attached hydrogen (secondary N) is 1. The van der Waals surface area contributed by atoms with Crippen molar-refractivity contribution in [2.75, 3.05) is 19.6 Å². The monoisotopic (exact) mass is 330 g/mol. The molecule has 2 amide bonds. The summed E-state index contributed by atoms with van der Waals surface area (Å²) >= 11 is 0. The van der Waals surface area contributed by atoms with Crippen molar-refractivity contribution in [1.29, 1.82) is 0 Å². The van der Waals surface area contributed by atoms with Gasteiger partial charge >= 0.3 is 12.0 Å². The summed E-state index contributed by atoms with van der Waals surface area (Å²) in [5.74, 6) is 0.242. The van der Waals surface area contributed by atoms with Gasteiger partial charge in [-0.25, -0.2) is 4.79 Å². The highest BCUT2D eigenvalue weighted by atomic mass is 16.4. The van der Waals surface area contributed by atoms with Crippen molar-refractivity contribution in [3.05, 3.63) is 35.4 Å². The minimum absolute atomic E-state index is 0.135. The summed E-state index contributed by atoms with van der Waals surface area (Å²) in [7, 11) is 0. The molecule has 24 heavy (non-hydrogen) atoms. The van der Waals surface area contributed by atoms with Gasteiger partial charge in [-0.2, -0.15) is 0 Å². The maximum absolute atomic E-state index is 12.3. The lowest BCUT2D eigenvalue weighted by Gasteiger charge is -2.20. The summed E-state index contributed by atoms with van der Waals surface area (Å²) in [4.78, 5) is 25.0. The fraction of sp³-hybridized carbons (Fsp3) is 0.579. The third-order valence-electron chi connectivity index (χ3n) is 5.50. The Kier molecular flexibility index (Phi) is 4.78. The Bertz CT molecular complexity index is 629. The second-order valence-corrected chi connectivity index (χ2v) is 7.37. The number of carboxylic acid groups (broad SMARTS) is 1. The third kappa shape index (κ3) is 3.25. The zero-order chi connectivity index (χ0) is 17.3. The molecule has 2 aliphatic rings. The maximum Gasteiger partial charge on any atom is 0.317 e. The number of amides is 2. The second kappa shape index (κ2) is 6.83. The van der Waals surface area contributed by atoms with Gasteiger partial charge in [-0.15, -0.1) is 0 Å². The number of hydrogen-bond acceptors (Lipinski definition) is 2. The Labute approximate surface area is 143 Å². The molecule has 1 aliphatic carbocycles. The molecule has 3 atom stereocenters. The number of hydrogen-bond donors (Lipinski definition) is 2. The molecule has 0 radical (unpaired) electrons. The maximum atomic E-state index is 12.3. The van der Waals surface area contributed by atoms with Crippen LogP contribution in [0.25, 0.3) is 0 Å². The predicted octanol–water partition coefficient (Wildman–Crippen LogP) is 3.03. The van der Waals surface area contributed by atoms with E-state index in [4.69, 9.17) is 5.11 Å². The third-order valence-corrected chi connectivity index (χ3v) is 5.50. The molecule has 5 nitrogen and oxygen atoms in total. The Morgan fingerprint density at radius 1 is 1.29 bits per heavy atom. The molecule has 1 aromatic carbocycles. The highest BCUT2D eigenvalue weighted by Gasteiger charge is 2.34. The number of carbonyl (C=O) groups is 2. The van der Waals surface area contributed by atoms with E-state index >= 15 is 0 Å². The zero-order valence-electron chi connectivity index (χ0n) is 14.4. The molecule has 1 saturated heterocycles. The second-order valence-electron chi connectivity index (χ2n) is 7.37. The first-order valence-electron chi connectivity index (χ1n) is 8.81. The van der Waals surface area contributed by atoms with E-state index in [1.807, 2.05) is 0 Å². The molecular formula is C19H26N2O3. The minimum Gasteiger partial charge on any atom is -0.481 e. The molecule has 3 rings (SSSR count). The van der Waals surface area contributed by atoms with E-state index in [0.717, 1.165) is 6.42 Å². The van der Waals surface area contributed by atoms with Crippen LogP contribution in [0.5, 0.6) is 0 Å². The fourth-order valence-corrected chi connectivity index (χ4v) is 4.07. The van der Waals surface area contributed by atoms with Crippen LogP contribution in [0.15, 0.2) is 24.3 Å². The van der Waals surface area contributed by atoms with Crippen molar-refractivity contribution in [3.63, 3.8) is 0 Å². The van der Waals surface area contributed by atoms with Crippen LogP contribution >= 0.6 is 0 Å². The molecule has 0 spiro atoms. The molecule has 0 aromatic heterocycles. The number of fused-ring (bicyclic) bond motifs is 1. The van der Waals surface area contributed by atoms with Crippen molar-refractivity contribution >= 4 is 12.0 Å². The van der Waals surface area contributed by atoms with Crippen molar-refractivity contribution in [3.8, 4) is 0 Å². The van der Waals surface area contributed by atoms with Crippen LogP contribution in [0, 0.1) is 11.8 Å². The molecule has 1 aliphatic heterocycles. The zero-order valence-corrected chi connectivity index (χ0v) is 14.4. The SMILES string of the molecule is CC(C)[C@@H]1C[C@@H](CNC(=O)N2CCC(C(=O)O)C2)c2ccccc21. The molecule has 5 heteroatoms. The van der Waals surface area contributed by atoms with Crippen LogP contribution < -0.4 is 5.32 Å². The summed E-state index contributed by atoms with van der Waals surface area (Å²) in [6.45, 7) is 5.96. The van der Waals surface area contributed by atoms with Gasteiger partial charge in [0, 0.05) is 25.6 Å². The number of nitrogens with zero attached hydrogens (tertiary/aromatic N) is 1. The highest BCUT2D eigenvalue weighted by molar-refractivity contribution is 5.77. The van der Waals surface area contributed by atoms with Gasteiger partial charge in [-0.3, -0.25) is 4.79 Å². The lowest BCUT2D eigenvalue weighted by molar-refractivity contribution is -0.141. The quantitative estimate of drug-likeness (QED) is 0.891. The van der Waals surface area contributed by atoms with Crippen LogP contribution in [0.2, 0.25) is 0 Å². The first-order valence-corrected chi connectivity index (χ1v) is 8.81. The standard InChI is InChI=1S/C19H26N2O3/c1-12(2)17-9-14(15-5-3-4-6-16(15)17)10-20-19(24)21-8-7-13(11-21)18(22)23/h3-6,12-14,17H,7-11H2,1-2H3,(H,20,24)(H,22,23)/t13?,14-,17-/m0/s1. The normalized spacial score (nSPS) is 25.8. The molecular weight excluding hydrogens is 304 g/mol. The van der Waals surface area contributed by atoms with E-state index in [2.05, 4.69) is 43.4 Å². The van der Waals surface area contributed by atoms with Crippen molar-refractivity contribution < 1.29 is 14.7 Å². The van der Waals surface area contributed by atoms with Gasteiger partial charge in [-0.1, -0.05) is 38.1 Å². The van der Waals surface area contributed by atoms with Crippen molar-refractivity contribution in [2.45, 2.75) is 38.5 Å². The molecule has 130 valence electrons. The number of aliphatic carboxylic acids is 1. The largest absolute Gasteiger partial charge is 0.481 e. The smallest absolute Gasteiger partial charge is 0.317 e. The molecule has 1 aromatic rings. The highest BCUT2D eigenvalue weighted by Crippen LogP contribution is 2.44. The fourth-order valence-electron chi connectivity index (χ4n) is 4.07. The number of likely N-dealkylation sites (tertiary alicyclic amines) is 1. The summed E-state index contributed by atoms with van der Waals surface area (Å²) < 4.78 is 0. The van der Waals surface area contributed by atoms with Crippen LogP contribution in [-0.4, -0.2) is 41.6 Å². The van der Waals surface area contributed by atoms with E-state index in [0.29, 0.717) is 43.8 Å². The van der Waals surface area contributed by atoms with E-state index in [1.165, 1.54) is 11.1 Å².